The third-order valence-electron chi connectivity index (χ3n) is 4.04. The van der Waals surface area contributed by atoms with Gasteiger partial charge >= 0.3 is 0 Å². The third-order valence-corrected chi connectivity index (χ3v) is 4.29. The summed E-state index contributed by atoms with van der Waals surface area (Å²) in [6, 6.07) is 12.7. The second kappa shape index (κ2) is 10.6. The van der Waals surface area contributed by atoms with Gasteiger partial charge in [0.1, 0.15) is 5.75 Å². The van der Waals surface area contributed by atoms with Crippen molar-refractivity contribution in [3.63, 3.8) is 0 Å². The van der Waals surface area contributed by atoms with E-state index in [9.17, 15) is 9.59 Å². The van der Waals surface area contributed by atoms with Gasteiger partial charge in [-0.15, -0.1) is 0 Å². The molecule has 2 N–H and O–H groups in total. The van der Waals surface area contributed by atoms with E-state index in [2.05, 4.69) is 10.6 Å². The highest BCUT2D eigenvalue weighted by Crippen LogP contribution is 2.22. The summed E-state index contributed by atoms with van der Waals surface area (Å²) in [7, 11) is 0. The number of carbonyl (C=O) groups excluding carboxylic acids is 2. The zero-order valence-electron chi connectivity index (χ0n) is 15.7. The van der Waals surface area contributed by atoms with E-state index in [-0.39, 0.29) is 11.8 Å². The monoisotopic (exact) mass is 388 g/mol. The van der Waals surface area contributed by atoms with Crippen LogP contribution >= 0.6 is 11.6 Å². The van der Waals surface area contributed by atoms with Crippen molar-refractivity contribution in [2.75, 3.05) is 19.7 Å². The van der Waals surface area contributed by atoms with Crippen molar-refractivity contribution in [1.29, 1.82) is 0 Å². The Labute approximate surface area is 165 Å². The molecule has 0 saturated heterocycles. The van der Waals surface area contributed by atoms with Crippen molar-refractivity contribution in [2.24, 2.45) is 0 Å². The van der Waals surface area contributed by atoms with Crippen molar-refractivity contribution in [2.45, 2.75) is 26.7 Å². The van der Waals surface area contributed by atoms with Crippen LogP contribution in [0.1, 0.15) is 34.3 Å². The quantitative estimate of drug-likeness (QED) is 0.644. The van der Waals surface area contributed by atoms with Gasteiger partial charge in [-0.25, -0.2) is 0 Å². The highest BCUT2D eigenvalue weighted by molar-refractivity contribution is 6.30. The molecule has 0 fully saturated rings. The maximum absolute atomic E-state index is 11.9. The zero-order chi connectivity index (χ0) is 19.6. The number of hydrogen-bond acceptors (Lipinski definition) is 3. The summed E-state index contributed by atoms with van der Waals surface area (Å²) in [5.41, 5.74) is 2.72. The van der Waals surface area contributed by atoms with Crippen LogP contribution in [0.15, 0.2) is 42.5 Å². The smallest absolute Gasteiger partial charge is 0.251 e. The van der Waals surface area contributed by atoms with Crippen LogP contribution in [0.3, 0.4) is 0 Å². The number of hydrogen-bond donors (Lipinski definition) is 2. The molecule has 6 heteroatoms. The Kier molecular flexibility index (Phi) is 8.14. The molecule has 0 bridgehead atoms. The lowest BCUT2D eigenvalue weighted by Crippen LogP contribution is -2.34. The molecule has 5 nitrogen and oxygen atoms in total. The lowest BCUT2D eigenvalue weighted by Gasteiger charge is -2.12. The fourth-order valence-electron chi connectivity index (χ4n) is 2.60. The average Bonchev–Trinajstić information content (AvgIpc) is 2.64. The van der Waals surface area contributed by atoms with Crippen molar-refractivity contribution < 1.29 is 14.3 Å². The molecule has 2 aromatic rings. The predicted molar refractivity (Wildman–Crippen MR) is 107 cm³/mol. The van der Waals surface area contributed by atoms with Crippen LogP contribution < -0.4 is 15.4 Å². The molecular formula is C21H25ClN2O3. The number of amides is 2. The summed E-state index contributed by atoms with van der Waals surface area (Å²) in [5.74, 6) is 0.645. The van der Waals surface area contributed by atoms with Crippen LogP contribution in [0.4, 0.5) is 0 Å². The molecule has 144 valence electrons. The molecule has 0 aliphatic carbocycles. The molecule has 0 aromatic heterocycles. The molecule has 2 amide bonds. The summed E-state index contributed by atoms with van der Waals surface area (Å²) >= 11 is 5.79. The molecular weight excluding hydrogens is 364 g/mol. The molecule has 0 aliphatic rings. The molecule has 2 rings (SSSR count). The summed E-state index contributed by atoms with van der Waals surface area (Å²) in [4.78, 5) is 23.8. The average molecular weight is 389 g/mol. The molecule has 27 heavy (non-hydrogen) atoms. The van der Waals surface area contributed by atoms with Gasteiger partial charge < -0.3 is 15.4 Å². The van der Waals surface area contributed by atoms with Gasteiger partial charge in [0.15, 0.2) is 0 Å². The topological polar surface area (TPSA) is 67.4 Å². The van der Waals surface area contributed by atoms with Crippen LogP contribution in [-0.2, 0) is 4.79 Å². The Morgan fingerprint density at radius 1 is 0.963 bits per heavy atom. The molecule has 2 aromatic carbocycles. The van der Waals surface area contributed by atoms with Gasteiger partial charge in [0.25, 0.3) is 5.91 Å². The fraction of sp³-hybridized carbons (Fsp3) is 0.333. The molecule has 0 radical (unpaired) electrons. The molecule has 0 aliphatic heterocycles. The second-order valence-electron chi connectivity index (χ2n) is 6.29. The van der Waals surface area contributed by atoms with Crippen LogP contribution in [0.25, 0.3) is 0 Å². The summed E-state index contributed by atoms with van der Waals surface area (Å²) in [6.07, 6.45) is 1.02. The Balaban J connectivity index is 1.58. The number of nitrogens with one attached hydrogen (secondary N) is 2. The van der Waals surface area contributed by atoms with E-state index in [1.54, 1.807) is 24.3 Å². The Bertz CT molecular complexity index is 755. The number of rotatable bonds is 9. The summed E-state index contributed by atoms with van der Waals surface area (Å²) in [6.45, 7) is 5.26. The molecule has 0 heterocycles. The van der Waals surface area contributed by atoms with Gasteiger partial charge in [-0.05, 0) is 55.7 Å². The van der Waals surface area contributed by atoms with E-state index < -0.39 is 0 Å². The first-order valence-electron chi connectivity index (χ1n) is 8.97. The third kappa shape index (κ3) is 6.94. The highest BCUT2D eigenvalue weighted by atomic mass is 35.5. The number of carbonyl (C=O) groups is 2. The van der Waals surface area contributed by atoms with E-state index in [0.29, 0.717) is 43.1 Å². The van der Waals surface area contributed by atoms with Crippen molar-refractivity contribution >= 4 is 23.4 Å². The number of ether oxygens (including phenoxy) is 1. The number of halogens is 1. The Morgan fingerprint density at radius 3 is 2.26 bits per heavy atom. The minimum atomic E-state index is -0.192. The number of aryl methyl sites for hydroxylation is 2. The van der Waals surface area contributed by atoms with Gasteiger partial charge in [-0.3, -0.25) is 9.59 Å². The van der Waals surface area contributed by atoms with Gasteiger partial charge in [0.05, 0.1) is 6.61 Å². The lowest BCUT2D eigenvalue weighted by molar-refractivity contribution is -0.121. The fourth-order valence-corrected chi connectivity index (χ4v) is 2.73. The largest absolute Gasteiger partial charge is 0.493 e. The minimum Gasteiger partial charge on any atom is -0.493 e. The SMILES string of the molecule is Cc1cccc(C)c1OCCCC(=O)NCCNC(=O)c1ccc(Cl)cc1. The number of benzene rings is 2. The van der Waals surface area contributed by atoms with Crippen molar-refractivity contribution in [1.82, 2.24) is 10.6 Å². The normalized spacial score (nSPS) is 10.3. The van der Waals surface area contributed by atoms with Crippen LogP contribution in [-0.4, -0.2) is 31.5 Å². The summed E-state index contributed by atoms with van der Waals surface area (Å²) in [5, 5.41) is 6.13. The van der Waals surface area contributed by atoms with Gasteiger partial charge in [-0.1, -0.05) is 29.8 Å². The number of para-hydroxylation sites is 1. The maximum atomic E-state index is 11.9. The van der Waals surface area contributed by atoms with Gasteiger partial charge in [0, 0.05) is 30.1 Å². The Hall–Kier alpha value is -2.53. The molecule has 0 saturated carbocycles. The molecule has 0 unspecified atom stereocenters. The van der Waals surface area contributed by atoms with Gasteiger partial charge in [-0.2, -0.15) is 0 Å². The first kappa shape index (κ1) is 20.8. The maximum Gasteiger partial charge on any atom is 0.251 e. The van der Waals surface area contributed by atoms with Gasteiger partial charge in [0.2, 0.25) is 5.91 Å². The molecule has 0 spiro atoms. The second-order valence-corrected chi connectivity index (χ2v) is 6.72. The van der Waals surface area contributed by atoms with Crippen LogP contribution in [0.2, 0.25) is 5.02 Å². The summed E-state index contributed by atoms with van der Waals surface area (Å²) < 4.78 is 5.79. The van der Waals surface area contributed by atoms with Crippen LogP contribution in [0, 0.1) is 13.8 Å². The van der Waals surface area contributed by atoms with E-state index in [1.165, 1.54) is 0 Å². The minimum absolute atomic E-state index is 0.0548. The standard InChI is InChI=1S/C21H25ClN2O3/c1-15-5-3-6-16(2)20(15)27-14-4-7-19(25)23-12-13-24-21(26)17-8-10-18(22)11-9-17/h3,5-6,8-11H,4,7,12-14H2,1-2H3,(H,23,25)(H,24,26). The Morgan fingerprint density at radius 2 is 1.59 bits per heavy atom. The first-order valence-corrected chi connectivity index (χ1v) is 9.34. The van der Waals surface area contributed by atoms with E-state index >= 15 is 0 Å². The predicted octanol–water partition coefficient (Wildman–Crippen LogP) is 3.66. The van der Waals surface area contributed by atoms with Crippen molar-refractivity contribution in [3.8, 4) is 5.75 Å². The highest BCUT2D eigenvalue weighted by Gasteiger charge is 2.06. The lowest BCUT2D eigenvalue weighted by atomic mass is 10.1. The van der Waals surface area contributed by atoms with E-state index in [0.717, 1.165) is 16.9 Å². The van der Waals surface area contributed by atoms with E-state index in [1.807, 2.05) is 32.0 Å². The van der Waals surface area contributed by atoms with E-state index in [4.69, 9.17) is 16.3 Å². The molecule has 0 atom stereocenters. The first-order chi connectivity index (χ1) is 13.0. The zero-order valence-corrected chi connectivity index (χ0v) is 16.4. The van der Waals surface area contributed by atoms with Crippen molar-refractivity contribution in [3.05, 3.63) is 64.2 Å². The van der Waals surface area contributed by atoms with Crippen LogP contribution in [0.5, 0.6) is 5.75 Å².